The Morgan fingerprint density at radius 3 is 2.70 bits per heavy atom. The highest BCUT2D eigenvalue weighted by Crippen LogP contribution is 2.23. The van der Waals surface area contributed by atoms with Gasteiger partial charge in [0.15, 0.2) is 0 Å². The monoisotopic (exact) mass is 366 g/mol. The van der Waals surface area contributed by atoms with Gasteiger partial charge in [-0.05, 0) is 61.6 Å². The van der Waals surface area contributed by atoms with Gasteiger partial charge in [0.25, 0.3) is 5.91 Å². The zero-order valence-corrected chi connectivity index (χ0v) is 15.9. The number of piperidine rings is 1. The molecule has 0 radical (unpaired) electrons. The van der Waals surface area contributed by atoms with Crippen molar-refractivity contribution in [3.63, 3.8) is 0 Å². The van der Waals surface area contributed by atoms with Gasteiger partial charge in [0.1, 0.15) is 0 Å². The molecule has 3 amide bonds. The van der Waals surface area contributed by atoms with Gasteiger partial charge in [-0.25, -0.2) is 4.79 Å². The van der Waals surface area contributed by atoms with E-state index in [1.165, 1.54) is 0 Å². The van der Waals surface area contributed by atoms with E-state index in [1.807, 2.05) is 50.4 Å². The van der Waals surface area contributed by atoms with Gasteiger partial charge in [-0.15, -0.1) is 0 Å². The molecule has 27 heavy (non-hydrogen) atoms. The Morgan fingerprint density at radius 1 is 1.22 bits per heavy atom. The summed E-state index contributed by atoms with van der Waals surface area (Å²) in [5.74, 6) is -0.0694. The molecule has 1 saturated heterocycles. The van der Waals surface area contributed by atoms with Gasteiger partial charge in [-0.1, -0.05) is 12.1 Å². The van der Waals surface area contributed by atoms with Gasteiger partial charge >= 0.3 is 6.03 Å². The molecule has 1 fully saturated rings. The van der Waals surface area contributed by atoms with Gasteiger partial charge in [0.2, 0.25) is 0 Å². The second-order valence-electron chi connectivity index (χ2n) is 6.84. The number of nitrogens with zero attached hydrogens (tertiary/aromatic N) is 2. The summed E-state index contributed by atoms with van der Waals surface area (Å²) in [5, 5.41) is 5.93. The minimum atomic E-state index is -0.0694. The number of amides is 3. The molecule has 0 aliphatic carbocycles. The molecule has 0 atom stereocenters. The topological polar surface area (TPSA) is 74.3 Å². The first-order chi connectivity index (χ1) is 13.1. The predicted molar refractivity (Wildman–Crippen MR) is 106 cm³/mol. The fraction of sp³-hybridized carbons (Fsp3) is 0.381. The number of pyridine rings is 1. The molecule has 0 bridgehead atoms. The Morgan fingerprint density at radius 2 is 2.00 bits per heavy atom. The number of likely N-dealkylation sites (tertiary alicyclic amines) is 1. The largest absolute Gasteiger partial charge is 0.349 e. The van der Waals surface area contributed by atoms with E-state index in [0.29, 0.717) is 25.2 Å². The van der Waals surface area contributed by atoms with Crippen molar-refractivity contribution in [3.8, 4) is 11.1 Å². The fourth-order valence-corrected chi connectivity index (χ4v) is 3.38. The number of benzene rings is 1. The Balaban J connectivity index is 1.62. The van der Waals surface area contributed by atoms with Crippen LogP contribution in [0.1, 0.15) is 35.7 Å². The van der Waals surface area contributed by atoms with E-state index in [1.54, 1.807) is 11.1 Å². The minimum absolute atomic E-state index is 0.0253. The molecule has 2 aromatic rings. The Hall–Kier alpha value is -2.89. The van der Waals surface area contributed by atoms with Crippen LogP contribution in [0.2, 0.25) is 0 Å². The van der Waals surface area contributed by atoms with Gasteiger partial charge < -0.3 is 15.5 Å². The summed E-state index contributed by atoms with van der Waals surface area (Å²) in [6, 6.07) is 9.69. The van der Waals surface area contributed by atoms with Gasteiger partial charge in [-0.2, -0.15) is 0 Å². The third-order valence-electron chi connectivity index (χ3n) is 4.90. The summed E-state index contributed by atoms with van der Waals surface area (Å²) in [6.45, 7) is 5.87. The summed E-state index contributed by atoms with van der Waals surface area (Å²) in [4.78, 5) is 30.5. The average Bonchev–Trinajstić information content (AvgIpc) is 2.69. The minimum Gasteiger partial charge on any atom is -0.349 e. The number of hydrogen-bond acceptors (Lipinski definition) is 3. The maximum absolute atomic E-state index is 12.7. The molecule has 1 aliphatic rings. The van der Waals surface area contributed by atoms with Crippen molar-refractivity contribution in [3.05, 3.63) is 53.9 Å². The summed E-state index contributed by atoms with van der Waals surface area (Å²) in [5.41, 5.74) is 3.81. The van der Waals surface area contributed by atoms with Crippen LogP contribution >= 0.6 is 0 Å². The lowest BCUT2D eigenvalue weighted by Gasteiger charge is -2.32. The number of urea groups is 1. The third kappa shape index (κ3) is 4.64. The SMILES string of the molecule is CCNC(=O)N1CCC(NC(=O)c2cccc(-c3ccncc3C)c2)CC1. The second-order valence-corrected chi connectivity index (χ2v) is 6.84. The molecule has 1 aliphatic heterocycles. The molecule has 6 heteroatoms. The first kappa shape index (κ1) is 18.9. The fourth-order valence-electron chi connectivity index (χ4n) is 3.38. The maximum Gasteiger partial charge on any atom is 0.317 e. The van der Waals surface area contributed by atoms with E-state index < -0.39 is 0 Å². The Kier molecular flexibility index (Phi) is 6.06. The second kappa shape index (κ2) is 8.66. The first-order valence-electron chi connectivity index (χ1n) is 9.43. The molecule has 0 unspecified atom stereocenters. The number of aryl methyl sites for hydroxylation is 1. The highest BCUT2D eigenvalue weighted by atomic mass is 16.2. The van der Waals surface area contributed by atoms with Crippen molar-refractivity contribution in [1.29, 1.82) is 0 Å². The van der Waals surface area contributed by atoms with Crippen LogP contribution in [0.25, 0.3) is 11.1 Å². The van der Waals surface area contributed by atoms with Crippen LogP contribution in [-0.4, -0.2) is 47.5 Å². The molecule has 142 valence electrons. The summed E-state index contributed by atoms with van der Waals surface area (Å²) in [6.07, 6.45) is 5.13. The molecule has 0 saturated carbocycles. The van der Waals surface area contributed by atoms with E-state index in [-0.39, 0.29) is 18.0 Å². The lowest BCUT2D eigenvalue weighted by atomic mass is 10.00. The van der Waals surface area contributed by atoms with Crippen molar-refractivity contribution < 1.29 is 9.59 Å². The normalized spacial score (nSPS) is 14.7. The van der Waals surface area contributed by atoms with E-state index in [9.17, 15) is 9.59 Å². The molecule has 0 spiro atoms. The van der Waals surface area contributed by atoms with Crippen LogP contribution in [0.4, 0.5) is 4.79 Å². The van der Waals surface area contributed by atoms with Crippen LogP contribution in [0.3, 0.4) is 0 Å². The number of carbonyl (C=O) groups is 2. The van der Waals surface area contributed by atoms with Crippen molar-refractivity contribution in [2.24, 2.45) is 0 Å². The first-order valence-corrected chi connectivity index (χ1v) is 9.43. The van der Waals surface area contributed by atoms with E-state index >= 15 is 0 Å². The summed E-state index contributed by atoms with van der Waals surface area (Å²) >= 11 is 0. The molecule has 1 aromatic carbocycles. The molecule has 6 nitrogen and oxygen atoms in total. The maximum atomic E-state index is 12.7. The highest BCUT2D eigenvalue weighted by molar-refractivity contribution is 5.95. The average molecular weight is 366 g/mol. The Bertz CT molecular complexity index is 813. The van der Waals surface area contributed by atoms with Crippen LogP contribution in [0.5, 0.6) is 0 Å². The van der Waals surface area contributed by atoms with Crippen LogP contribution in [0.15, 0.2) is 42.7 Å². The van der Waals surface area contributed by atoms with E-state index in [2.05, 4.69) is 15.6 Å². The van der Waals surface area contributed by atoms with Crippen molar-refractivity contribution in [2.45, 2.75) is 32.7 Å². The molecule has 2 N–H and O–H groups in total. The lowest BCUT2D eigenvalue weighted by molar-refractivity contribution is 0.0918. The molecule has 2 heterocycles. The van der Waals surface area contributed by atoms with Gasteiger partial charge in [0, 0.05) is 43.6 Å². The number of hydrogen-bond donors (Lipinski definition) is 2. The highest BCUT2D eigenvalue weighted by Gasteiger charge is 2.23. The zero-order valence-electron chi connectivity index (χ0n) is 15.9. The number of rotatable bonds is 4. The van der Waals surface area contributed by atoms with Gasteiger partial charge in [0.05, 0.1) is 0 Å². The van der Waals surface area contributed by atoms with E-state index in [0.717, 1.165) is 29.5 Å². The van der Waals surface area contributed by atoms with Crippen molar-refractivity contribution >= 4 is 11.9 Å². The molecule has 3 rings (SSSR count). The smallest absolute Gasteiger partial charge is 0.317 e. The van der Waals surface area contributed by atoms with Crippen LogP contribution in [-0.2, 0) is 0 Å². The number of carbonyl (C=O) groups excluding carboxylic acids is 2. The molecular weight excluding hydrogens is 340 g/mol. The van der Waals surface area contributed by atoms with E-state index in [4.69, 9.17) is 0 Å². The van der Waals surface area contributed by atoms with Crippen molar-refractivity contribution in [2.75, 3.05) is 19.6 Å². The summed E-state index contributed by atoms with van der Waals surface area (Å²) in [7, 11) is 0. The van der Waals surface area contributed by atoms with Crippen LogP contribution < -0.4 is 10.6 Å². The Labute approximate surface area is 160 Å². The van der Waals surface area contributed by atoms with Gasteiger partial charge in [-0.3, -0.25) is 9.78 Å². The van der Waals surface area contributed by atoms with Crippen LogP contribution in [0, 0.1) is 6.92 Å². The predicted octanol–water partition coefficient (Wildman–Crippen LogP) is 2.98. The summed E-state index contributed by atoms with van der Waals surface area (Å²) < 4.78 is 0. The zero-order chi connectivity index (χ0) is 19.2. The van der Waals surface area contributed by atoms with Crippen molar-refractivity contribution in [1.82, 2.24) is 20.5 Å². The number of aromatic nitrogens is 1. The quantitative estimate of drug-likeness (QED) is 0.874. The number of nitrogens with one attached hydrogen (secondary N) is 2. The third-order valence-corrected chi connectivity index (χ3v) is 4.90. The molecule has 1 aromatic heterocycles. The molecular formula is C21H26N4O2. The standard InChI is InChI=1S/C21H26N4O2/c1-3-23-21(27)25-11-8-18(9-12-25)24-20(26)17-6-4-5-16(13-17)19-7-10-22-14-15(19)2/h4-7,10,13-14,18H,3,8-9,11-12H2,1-2H3,(H,23,27)(H,24,26). The lowest BCUT2D eigenvalue weighted by Crippen LogP contribution is -2.49.